The summed E-state index contributed by atoms with van der Waals surface area (Å²) in [4.78, 5) is 23.7. The summed E-state index contributed by atoms with van der Waals surface area (Å²) in [5, 5.41) is 0.703. The van der Waals surface area contributed by atoms with Gasteiger partial charge in [0.2, 0.25) is 11.8 Å². The van der Waals surface area contributed by atoms with Crippen molar-refractivity contribution in [3.05, 3.63) is 76.6 Å². The maximum Gasteiger partial charge on any atom is 0.260 e. The second-order valence-electron chi connectivity index (χ2n) is 7.04. The summed E-state index contributed by atoms with van der Waals surface area (Å²) in [6, 6.07) is 10.9. The first-order valence-corrected chi connectivity index (χ1v) is 10.0. The molecule has 0 spiro atoms. The van der Waals surface area contributed by atoms with Gasteiger partial charge in [0, 0.05) is 24.2 Å². The summed E-state index contributed by atoms with van der Waals surface area (Å²) in [6.07, 6.45) is 6.76. The van der Waals surface area contributed by atoms with Crippen molar-refractivity contribution in [2.24, 2.45) is 0 Å². The standard InChI is InChI=1S/C22H22ClN3O3/c1-28-20-18(5-4-11-24-20)22(27)26-12-3-2-6-19(26)21-25-14-17(29-21)13-15-7-9-16(23)10-8-15/h4-5,7-11,14,19H,2-3,6,12-13H2,1H3. The molecule has 2 aromatic heterocycles. The van der Waals surface area contributed by atoms with Gasteiger partial charge in [-0.15, -0.1) is 0 Å². The number of hydrogen-bond donors (Lipinski definition) is 0. The second-order valence-corrected chi connectivity index (χ2v) is 7.47. The van der Waals surface area contributed by atoms with Crippen molar-refractivity contribution in [1.82, 2.24) is 14.9 Å². The molecule has 150 valence electrons. The number of likely N-dealkylation sites (tertiary alicyclic amines) is 1. The molecule has 1 aliphatic rings. The lowest BCUT2D eigenvalue weighted by Crippen LogP contribution is -2.38. The van der Waals surface area contributed by atoms with Gasteiger partial charge in [-0.1, -0.05) is 23.7 Å². The van der Waals surface area contributed by atoms with Crippen LogP contribution in [0.25, 0.3) is 0 Å². The molecule has 0 N–H and O–H groups in total. The van der Waals surface area contributed by atoms with Crippen LogP contribution in [0.1, 0.15) is 52.9 Å². The SMILES string of the molecule is COc1ncccc1C(=O)N1CCCCC1c1ncc(Cc2ccc(Cl)cc2)o1. The lowest BCUT2D eigenvalue weighted by molar-refractivity contribution is 0.0566. The number of rotatable bonds is 5. The average molecular weight is 412 g/mol. The molecule has 6 nitrogen and oxygen atoms in total. The molecule has 0 saturated carbocycles. The fourth-order valence-electron chi connectivity index (χ4n) is 3.66. The van der Waals surface area contributed by atoms with Gasteiger partial charge in [-0.25, -0.2) is 9.97 Å². The van der Waals surface area contributed by atoms with Gasteiger partial charge in [0.05, 0.1) is 13.3 Å². The van der Waals surface area contributed by atoms with E-state index in [2.05, 4.69) is 9.97 Å². The predicted octanol–water partition coefficient (Wildman–Crippen LogP) is 4.69. The van der Waals surface area contributed by atoms with Gasteiger partial charge in [0.1, 0.15) is 17.4 Å². The zero-order chi connectivity index (χ0) is 20.2. The molecule has 7 heteroatoms. The number of methoxy groups -OCH3 is 1. The summed E-state index contributed by atoms with van der Waals surface area (Å²) in [7, 11) is 1.52. The topological polar surface area (TPSA) is 68.5 Å². The number of ether oxygens (including phenoxy) is 1. The molecular formula is C22H22ClN3O3. The molecule has 1 unspecified atom stereocenters. The van der Waals surface area contributed by atoms with E-state index in [0.717, 1.165) is 30.6 Å². The van der Waals surface area contributed by atoms with Crippen LogP contribution in [0.2, 0.25) is 5.02 Å². The Bertz CT molecular complexity index is 987. The lowest BCUT2D eigenvalue weighted by Gasteiger charge is -2.34. The van der Waals surface area contributed by atoms with Gasteiger partial charge in [-0.2, -0.15) is 0 Å². The number of oxazole rings is 1. The fourth-order valence-corrected chi connectivity index (χ4v) is 3.79. The molecule has 1 atom stereocenters. The molecule has 1 aliphatic heterocycles. The third-order valence-corrected chi connectivity index (χ3v) is 5.36. The molecule has 1 amide bonds. The zero-order valence-electron chi connectivity index (χ0n) is 16.2. The number of hydrogen-bond acceptors (Lipinski definition) is 5. The van der Waals surface area contributed by atoms with E-state index in [1.165, 1.54) is 7.11 Å². The monoisotopic (exact) mass is 411 g/mol. The smallest absolute Gasteiger partial charge is 0.260 e. The highest BCUT2D eigenvalue weighted by atomic mass is 35.5. The van der Waals surface area contributed by atoms with Crippen LogP contribution >= 0.6 is 11.6 Å². The maximum atomic E-state index is 13.2. The number of pyridine rings is 1. The number of halogens is 1. The summed E-state index contributed by atoms with van der Waals surface area (Å²) in [5.74, 6) is 1.55. The molecule has 1 saturated heterocycles. The highest BCUT2D eigenvalue weighted by Gasteiger charge is 2.33. The van der Waals surface area contributed by atoms with Crippen LogP contribution in [0.4, 0.5) is 0 Å². The summed E-state index contributed by atoms with van der Waals surface area (Å²) in [6.45, 7) is 0.649. The molecule has 1 fully saturated rings. The Labute approximate surface area is 174 Å². The van der Waals surface area contributed by atoms with Gasteiger partial charge in [0.25, 0.3) is 5.91 Å². The normalized spacial score (nSPS) is 16.6. The lowest BCUT2D eigenvalue weighted by atomic mass is 10.0. The van der Waals surface area contributed by atoms with E-state index in [-0.39, 0.29) is 11.9 Å². The number of aromatic nitrogens is 2. The van der Waals surface area contributed by atoms with Gasteiger partial charge >= 0.3 is 0 Å². The van der Waals surface area contributed by atoms with E-state index < -0.39 is 0 Å². The van der Waals surface area contributed by atoms with E-state index in [4.69, 9.17) is 20.8 Å². The zero-order valence-corrected chi connectivity index (χ0v) is 16.9. The third-order valence-electron chi connectivity index (χ3n) is 5.11. The van der Waals surface area contributed by atoms with E-state index in [1.807, 2.05) is 29.2 Å². The Balaban J connectivity index is 1.55. The number of amides is 1. The highest BCUT2D eigenvalue weighted by Crippen LogP contribution is 2.33. The van der Waals surface area contributed by atoms with Crippen LogP contribution in [0.5, 0.6) is 5.88 Å². The van der Waals surface area contributed by atoms with Crippen molar-refractivity contribution in [1.29, 1.82) is 0 Å². The molecule has 0 bridgehead atoms. The Kier molecular flexibility index (Phi) is 5.81. The first-order chi connectivity index (χ1) is 14.2. The van der Waals surface area contributed by atoms with E-state index >= 15 is 0 Å². The molecule has 29 heavy (non-hydrogen) atoms. The predicted molar refractivity (Wildman–Crippen MR) is 109 cm³/mol. The molecule has 3 aromatic rings. The Morgan fingerprint density at radius 2 is 2.07 bits per heavy atom. The molecule has 0 aliphatic carbocycles. The fraction of sp³-hybridized carbons (Fsp3) is 0.318. The van der Waals surface area contributed by atoms with Crippen molar-refractivity contribution >= 4 is 17.5 Å². The molecule has 4 rings (SSSR count). The van der Waals surface area contributed by atoms with Gasteiger partial charge < -0.3 is 14.1 Å². The summed E-state index contributed by atoms with van der Waals surface area (Å²) in [5.41, 5.74) is 1.55. The van der Waals surface area contributed by atoms with Gasteiger partial charge in [0.15, 0.2) is 0 Å². The number of carbonyl (C=O) groups is 1. The van der Waals surface area contributed by atoms with Crippen LogP contribution in [0, 0.1) is 0 Å². The first-order valence-electron chi connectivity index (χ1n) is 9.64. The number of nitrogens with zero attached hydrogens (tertiary/aromatic N) is 3. The molecule has 3 heterocycles. The maximum absolute atomic E-state index is 13.2. The van der Waals surface area contributed by atoms with Crippen molar-refractivity contribution < 1.29 is 13.9 Å². The number of benzene rings is 1. The van der Waals surface area contributed by atoms with Crippen LogP contribution in [-0.2, 0) is 6.42 Å². The highest BCUT2D eigenvalue weighted by molar-refractivity contribution is 6.30. The summed E-state index contributed by atoms with van der Waals surface area (Å²) >= 11 is 5.95. The van der Waals surface area contributed by atoms with Crippen molar-refractivity contribution in [2.45, 2.75) is 31.7 Å². The number of piperidine rings is 1. The third kappa shape index (κ3) is 4.27. The largest absolute Gasteiger partial charge is 0.480 e. The Morgan fingerprint density at radius 1 is 1.24 bits per heavy atom. The van der Waals surface area contributed by atoms with Crippen LogP contribution < -0.4 is 4.74 Å². The molecular weight excluding hydrogens is 390 g/mol. The van der Waals surface area contributed by atoms with Crippen molar-refractivity contribution in [3.8, 4) is 5.88 Å². The molecule has 0 radical (unpaired) electrons. The minimum atomic E-state index is -0.194. The minimum Gasteiger partial charge on any atom is -0.480 e. The van der Waals surface area contributed by atoms with Gasteiger partial charge in [-0.3, -0.25) is 4.79 Å². The minimum absolute atomic E-state index is 0.114. The Morgan fingerprint density at radius 3 is 2.86 bits per heavy atom. The van der Waals surface area contributed by atoms with E-state index in [1.54, 1.807) is 24.5 Å². The van der Waals surface area contributed by atoms with Gasteiger partial charge in [-0.05, 0) is 49.1 Å². The van der Waals surface area contributed by atoms with Crippen LogP contribution in [-0.4, -0.2) is 34.4 Å². The molecule has 1 aromatic carbocycles. The van der Waals surface area contributed by atoms with E-state index in [9.17, 15) is 4.79 Å². The van der Waals surface area contributed by atoms with E-state index in [0.29, 0.717) is 35.3 Å². The quantitative estimate of drug-likeness (QED) is 0.609. The number of carbonyl (C=O) groups excluding carboxylic acids is 1. The van der Waals surface area contributed by atoms with Crippen LogP contribution in [0.15, 0.2) is 53.2 Å². The van der Waals surface area contributed by atoms with Crippen molar-refractivity contribution in [2.75, 3.05) is 13.7 Å². The summed E-state index contributed by atoms with van der Waals surface area (Å²) < 4.78 is 11.3. The second kappa shape index (κ2) is 8.66. The van der Waals surface area contributed by atoms with Crippen molar-refractivity contribution in [3.63, 3.8) is 0 Å². The Hall–Kier alpha value is -2.86. The van der Waals surface area contributed by atoms with Crippen LogP contribution in [0.3, 0.4) is 0 Å². The first kappa shape index (κ1) is 19.5. The average Bonchev–Trinajstić information content (AvgIpc) is 3.23.